The van der Waals surface area contributed by atoms with Gasteiger partial charge in [-0.3, -0.25) is 0 Å². The number of oxazole rings is 1. The second-order valence-corrected chi connectivity index (χ2v) is 3.72. The average Bonchev–Trinajstić information content (AvgIpc) is 2.97. The summed E-state index contributed by atoms with van der Waals surface area (Å²) in [4.78, 5) is 4.29. The van der Waals surface area contributed by atoms with Crippen molar-refractivity contribution in [2.45, 2.75) is 25.4 Å². The van der Waals surface area contributed by atoms with Gasteiger partial charge in [-0.25, -0.2) is 0 Å². The van der Waals surface area contributed by atoms with Crippen LogP contribution in [0.4, 0.5) is 6.01 Å². The zero-order chi connectivity index (χ0) is 10.5. The Bertz CT molecular complexity index is 297. The second-order valence-electron chi connectivity index (χ2n) is 3.72. The van der Waals surface area contributed by atoms with Crippen LogP contribution < -0.4 is 10.6 Å². The fraction of sp³-hybridized carbons (Fsp3) is 0.700. The molecule has 0 amide bonds. The largest absolute Gasteiger partial charge is 0.432 e. The first-order valence-corrected chi connectivity index (χ1v) is 5.29. The van der Waals surface area contributed by atoms with Crippen molar-refractivity contribution in [3.8, 4) is 0 Å². The van der Waals surface area contributed by atoms with Crippen LogP contribution in [0.3, 0.4) is 0 Å². The predicted octanol–water partition coefficient (Wildman–Crippen LogP) is 0.985. The highest BCUT2D eigenvalue weighted by Gasteiger charge is 2.20. The highest BCUT2D eigenvalue weighted by molar-refractivity contribution is 5.20. The molecule has 5 heteroatoms. The molecule has 0 spiro atoms. The van der Waals surface area contributed by atoms with E-state index in [9.17, 15) is 0 Å². The Morgan fingerprint density at radius 3 is 3.20 bits per heavy atom. The first kappa shape index (κ1) is 10.4. The number of aromatic nitrogens is 1. The van der Waals surface area contributed by atoms with E-state index < -0.39 is 0 Å². The predicted molar refractivity (Wildman–Crippen MR) is 56.7 cm³/mol. The summed E-state index contributed by atoms with van der Waals surface area (Å²) in [6.07, 6.45) is 4.26. The number of hydrogen-bond acceptors (Lipinski definition) is 5. The first-order chi connectivity index (χ1) is 7.38. The van der Waals surface area contributed by atoms with E-state index in [0.717, 1.165) is 12.2 Å². The molecule has 0 aliphatic heterocycles. The van der Waals surface area contributed by atoms with Gasteiger partial charge < -0.3 is 19.8 Å². The third kappa shape index (κ3) is 3.53. The summed E-state index contributed by atoms with van der Waals surface area (Å²) < 4.78 is 10.2. The zero-order valence-corrected chi connectivity index (χ0v) is 8.95. The van der Waals surface area contributed by atoms with Crippen LogP contribution in [0.15, 0.2) is 10.7 Å². The Morgan fingerprint density at radius 1 is 1.60 bits per heavy atom. The Labute approximate surface area is 89.2 Å². The van der Waals surface area contributed by atoms with E-state index in [0.29, 0.717) is 25.2 Å². The van der Waals surface area contributed by atoms with Crippen molar-refractivity contribution in [2.75, 3.05) is 25.6 Å². The molecule has 84 valence electrons. The number of methoxy groups -OCH3 is 1. The van der Waals surface area contributed by atoms with Crippen LogP contribution in [0.1, 0.15) is 18.5 Å². The van der Waals surface area contributed by atoms with Crippen molar-refractivity contribution < 1.29 is 9.15 Å². The topological polar surface area (TPSA) is 59.3 Å². The molecule has 15 heavy (non-hydrogen) atoms. The van der Waals surface area contributed by atoms with Gasteiger partial charge >= 0.3 is 0 Å². The van der Waals surface area contributed by atoms with Gasteiger partial charge in [0.1, 0.15) is 6.26 Å². The molecule has 1 heterocycles. The van der Waals surface area contributed by atoms with Crippen molar-refractivity contribution in [2.24, 2.45) is 0 Å². The summed E-state index contributed by atoms with van der Waals surface area (Å²) in [5.41, 5.74) is 0.946. The monoisotopic (exact) mass is 211 g/mol. The zero-order valence-electron chi connectivity index (χ0n) is 8.95. The molecule has 0 bridgehead atoms. The summed E-state index contributed by atoms with van der Waals surface area (Å²) in [5, 5.41) is 6.42. The third-order valence-electron chi connectivity index (χ3n) is 2.28. The van der Waals surface area contributed by atoms with E-state index in [1.54, 1.807) is 13.4 Å². The minimum absolute atomic E-state index is 0.569. The second kappa shape index (κ2) is 5.14. The van der Waals surface area contributed by atoms with E-state index in [4.69, 9.17) is 9.15 Å². The van der Waals surface area contributed by atoms with Gasteiger partial charge in [-0.15, -0.1) is 0 Å². The van der Waals surface area contributed by atoms with Gasteiger partial charge in [0.2, 0.25) is 0 Å². The lowest BCUT2D eigenvalue weighted by Crippen LogP contribution is -2.15. The maximum atomic E-state index is 5.25. The van der Waals surface area contributed by atoms with Gasteiger partial charge in [0.05, 0.1) is 12.3 Å². The molecule has 0 atom stereocenters. The molecule has 1 saturated carbocycles. The molecule has 0 radical (unpaired) electrons. The minimum atomic E-state index is 0.569. The molecule has 2 N–H and O–H groups in total. The van der Waals surface area contributed by atoms with Crippen molar-refractivity contribution in [1.29, 1.82) is 0 Å². The SMILES string of the molecule is COCCNc1nc(CNC2CC2)co1. The first-order valence-electron chi connectivity index (χ1n) is 5.29. The van der Waals surface area contributed by atoms with Crippen molar-refractivity contribution in [3.05, 3.63) is 12.0 Å². The quantitative estimate of drug-likeness (QED) is 0.658. The number of rotatable bonds is 7. The van der Waals surface area contributed by atoms with Crippen LogP contribution in [0.5, 0.6) is 0 Å². The Hall–Kier alpha value is -1.07. The average molecular weight is 211 g/mol. The molecule has 1 fully saturated rings. The number of nitrogens with one attached hydrogen (secondary N) is 2. The highest BCUT2D eigenvalue weighted by Crippen LogP contribution is 2.19. The fourth-order valence-corrected chi connectivity index (χ4v) is 1.27. The molecule has 5 nitrogen and oxygen atoms in total. The van der Waals surface area contributed by atoms with Crippen LogP contribution in [-0.4, -0.2) is 31.3 Å². The van der Waals surface area contributed by atoms with Gasteiger partial charge in [0.15, 0.2) is 0 Å². The summed E-state index contributed by atoms with van der Waals surface area (Å²) in [5.74, 6) is 0. The number of ether oxygens (including phenoxy) is 1. The van der Waals surface area contributed by atoms with Crippen LogP contribution in [0, 0.1) is 0 Å². The molecule has 1 aromatic heterocycles. The van der Waals surface area contributed by atoms with Crippen LogP contribution in [-0.2, 0) is 11.3 Å². The van der Waals surface area contributed by atoms with Crippen molar-refractivity contribution >= 4 is 6.01 Å². The molecule has 0 aromatic carbocycles. The maximum Gasteiger partial charge on any atom is 0.294 e. The van der Waals surface area contributed by atoms with Crippen molar-refractivity contribution in [1.82, 2.24) is 10.3 Å². The van der Waals surface area contributed by atoms with Gasteiger partial charge in [0, 0.05) is 26.2 Å². The van der Waals surface area contributed by atoms with Crippen LogP contribution in [0.25, 0.3) is 0 Å². The molecular weight excluding hydrogens is 194 g/mol. The van der Waals surface area contributed by atoms with E-state index in [1.807, 2.05) is 0 Å². The molecule has 0 unspecified atom stereocenters. The van der Waals surface area contributed by atoms with Gasteiger partial charge in [0.25, 0.3) is 6.01 Å². The van der Waals surface area contributed by atoms with Gasteiger partial charge in [-0.2, -0.15) is 4.98 Å². The van der Waals surface area contributed by atoms with Gasteiger partial charge in [-0.1, -0.05) is 0 Å². The maximum absolute atomic E-state index is 5.25. The molecule has 1 aliphatic carbocycles. The van der Waals surface area contributed by atoms with Crippen LogP contribution in [0.2, 0.25) is 0 Å². The fourth-order valence-electron chi connectivity index (χ4n) is 1.27. The summed E-state index contributed by atoms with van der Waals surface area (Å²) in [6, 6.07) is 1.27. The third-order valence-corrected chi connectivity index (χ3v) is 2.28. The van der Waals surface area contributed by atoms with E-state index in [1.165, 1.54) is 12.8 Å². The molecular formula is C10H17N3O2. The Kier molecular flexibility index (Phi) is 3.58. The van der Waals surface area contributed by atoms with Crippen LogP contribution >= 0.6 is 0 Å². The summed E-state index contributed by atoms with van der Waals surface area (Å²) in [7, 11) is 1.67. The molecule has 1 aromatic rings. The lowest BCUT2D eigenvalue weighted by molar-refractivity contribution is 0.210. The van der Waals surface area contributed by atoms with E-state index >= 15 is 0 Å². The highest BCUT2D eigenvalue weighted by atomic mass is 16.5. The molecule has 1 aliphatic rings. The number of anilines is 1. The lowest BCUT2D eigenvalue weighted by Gasteiger charge is -1.99. The summed E-state index contributed by atoms with van der Waals surface area (Å²) in [6.45, 7) is 2.16. The Balaban J connectivity index is 1.70. The standard InChI is InChI=1S/C10H17N3O2/c1-14-5-4-11-10-13-9(7-15-10)6-12-8-2-3-8/h7-8,12H,2-6H2,1H3,(H,11,13). The van der Waals surface area contributed by atoms with Crippen molar-refractivity contribution in [3.63, 3.8) is 0 Å². The van der Waals surface area contributed by atoms with Gasteiger partial charge in [-0.05, 0) is 12.8 Å². The molecule has 2 rings (SSSR count). The smallest absolute Gasteiger partial charge is 0.294 e. The molecule has 0 saturated heterocycles. The Morgan fingerprint density at radius 2 is 2.47 bits per heavy atom. The number of nitrogens with zero attached hydrogens (tertiary/aromatic N) is 1. The number of hydrogen-bond donors (Lipinski definition) is 2. The van der Waals surface area contributed by atoms with E-state index in [2.05, 4.69) is 15.6 Å². The minimum Gasteiger partial charge on any atom is -0.432 e. The van der Waals surface area contributed by atoms with E-state index in [-0.39, 0.29) is 0 Å². The normalized spacial score (nSPS) is 15.5. The lowest BCUT2D eigenvalue weighted by atomic mass is 10.5. The summed E-state index contributed by atoms with van der Waals surface area (Å²) >= 11 is 0.